The molecule has 0 aliphatic carbocycles. The van der Waals surface area contributed by atoms with Gasteiger partial charge in [-0.15, -0.1) is 0 Å². The van der Waals surface area contributed by atoms with Crippen molar-refractivity contribution in [1.29, 1.82) is 0 Å². The molecule has 0 radical (unpaired) electrons. The molecule has 0 amide bonds. The fraction of sp³-hybridized carbons (Fsp3) is 0. The molecule has 0 aliphatic heterocycles. The van der Waals surface area contributed by atoms with Crippen molar-refractivity contribution in [1.82, 2.24) is 0 Å². The Morgan fingerprint density at radius 3 is 1.49 bits per heavy atom. The topological polar surface area (TPSA) is 13.1 Å². The highest BCUT2D eigenvalue weighted by Crippen LogP contribution is 2.48. The van der Waals surface area contributed by atoms with Crippen molar-refractivity contribution in [3.63, 3.8) is 0 Å². The summed E-state index contributed by atoms with van der Waals surface area (Å²) in [6.45, 7) is 0. The summed E-state index contributed by atoms with van der Waals surface area (Å²) in [5, 5.41) is 15.0. The Balaban J connectivity index is 1.13. The van der Waals surface area contributed by atoms with E-state index in [2.05, 4.69) is 188 Å². The van der Waals surface area contributed by atoms with Crippen LogP contribution in [0.5, 0.6) is 0 Å². The Hall–Kier alpha value is -7.22. The van der Waals surface area contributed by atoms with Gasteiger partial charge >= 0.3 is 0 Å². The van der Waals surface area contributed by atoms with Crippen LogP contribution in [-0.4, -0.2) is 0 Å². The molecule has 0 aliphatic rings. The van der Waals surface area contributed by atoms with Crippen LogP contribution in [0.1, 0.15) is 0 Å². The molecule has 0 unspecified atom stereocenters. The first-order valence-corrected chi connectivity index (χ1v) is 19.0. The predicted molar refractivity (Wildman–Crippen MR) is 234 cm³/mol. The third-order valence-corrected chi connectivity index (χ3v) is 11.9. The Morgan fingerprint density at radius 1 is 0.255 bits per heavy atom. The normalized spacial score (nSPS) is 12.0. The van der Waals surface area contributed by atoms with Gasteiger partial charge in [-0.3, -0.25) is 0 Å². The van der Waals surface area contributed by atoms with E-state index in [1.165, 1.54) is 87.2 Å². The molecular weight excluding hydrogens is 665 g/mol. The molecule has 254 valence electrons. The number of fused-ring (bicyclic) bond motifs is 5. The van der Waals surface area contributed by atoms with Crippen molar-refractivity contribution in [3.8, 4) is 44.5 Å². The zero-order valence-corrected chi connectivity index (χ0v) is 29.9. The summed E-state index contributed by atoms with van der Waals surface area (Å²) in [6, 6.07) is 71.2. The lowest BCUT2D eigenvalue weighted by Crippen LogP contribution is -1.93. The van der Waals surface area contributed by atoms with Crippen LogP contribution in [-0.2, 0) is 0 Å². The third kappa shape index (κ3) is 4.48. The Morgan fingerprint density at radius 2 is 0.745 bits per heavy atom. The van der Waals surface area contributed by atoms with Gasteiger partial charge in [-0.05, 0) is 105 Å². The molecule has 0 N–H and O–H groups in total. The van der Waals surface area contributed by atoms with E-state index < -0.39 is 0 Å². The highest BCUT2D eigenvalue weighted by atomic mass is 16.3. The van der Waals surface area contributed by atoms with Gasteiger partial charge in [-0.25, -0.2) is 0 Å². The molecule has 11 aromatic carbocycles. The Bertz CT molecular complexity index is 3460. The maximum Gasteiger partial charge on any atom is 0.143 e. The summed E-state index contributed by atoms with van der Waals surface area (Å²) in [5.41, 5.74) is 11.5. The number of benzene rings is 11. The Kier molecular flexibility index (Phi) is 6.40. The molecule has 0 saturated heterocycles. The second-order valence-electron chi connectivity index (χ2n) is 14.7. The maximum atomic E-state index is 6.44. The molecular formula is C54H32O. The predicted octanol–water partition coefficient (Wildman–Crippen LogP) is 15.5. The quantitative estimate of drug-likeness (QED) is 0.167. The van der Waals surface area contributed by atoms with Gasteiger partial charge in [0.15, 0.2) is 0 Å². The molecule has 0 atom stereocenters. The molecule has 55 heavy (non-hydrogen) atoms. The van der Waals surface area contributed by atoms with Gasteiger partial charge in [0.2, 0.25) is 0 Å². The minimum Gasteiger partial charge on any atom is -0.455 e. The van der Waals surface area contributed by atoms with Crippen LogP contribution in [0, 0.1) is 0 Å². The van der Waals surface area contributed by atoms with Crippen LogP contribution in [0.2, 0.25) is 0 Å². The zero-order chi connectivity index (χ0) is 36.0. The number of rotatable bonds is 4. The molecule has 12 rings (SSSR count). The van der Waals surface area contributed by atoms with E-state index in [4.69, 9.17) is 4.42 Å². The van der Waals surface area contributed by atoms with Gasteiger partial charge in [-0.1, -0.05) is 182 Å². The van der Waals surface area contributed by atoms with Crippen molar-refractivity contribution in [2.75, 3.05) is 0 Å². The van der Waals surface area contributed by atoms with E-state index in [-0.39, 0.29) is 0 Å². The summed E-state index contributed by atoms with van der Waals surface area (Å²) < 4.78 is 6.44. The fourth-order valence-corrected chi connectivity index (χ4v) is 9.32. The van der Waals surface area contributed by atoms with Crippen molar-refractivity contribution in [2.45, 2.75) is 0 Å². The highest BCUT2D eigenvalue weighted by Gasteiger charge is 2.20. The van der Waals surface area contributed by atoms with Gasteiger partial charge in [0.1, 0.15) is 11.2 Å². The third-order valence-electron chi connectivity index (χ3n) is 11.9. The standard InChI is InChI=1S/C54H32O/c1-3-14-38-33(10-1)12-7-18-41(38)43-28-26-37-27-29-47-50(42-19-8-13-34-11-2-4-15-39(34)42)32-49(46-31-30-45(43)52(37)53(46)47)36-24-22-35(23-25-36)40-17-9-20-48-44-16-5-6-21-51(44)55-54(40)48/h1-32H. The van der Waals surface area contributed by atoms with Crippen molar-refractivity contribution in [2.24, 2.45) is 0 Å². The molecule has 12 aromatic rings. The van der Waals surface area contributed by atoms with E-state index in [1.807, 2.05) is 6.07 Å². The van der Waals surface area contributed by atoms with Gasteiger partial charge in [-0.2, -0.15) is 0 Å². The van der Waals surface area contributed by atoms with Gasteiger partial charge in [0.25, 0.3) is 0 Å². The largest absolute Gasteiger partial charge is 0.455 e. The van der Waals surface area contributed by atoms with Crippen molar-refractivity contribution in [3.05, 3.63) is 194 Å². The van der Waals surface area contributed by atoms with E-state index in [9.17, 15) is 0 Å². The van der Waals surface area contributed by atoms with Crippen molar-refractivity contribution < 1.29 is 4.42 Å². The molecule has 1 heteroatoms. The van der Waals surface area contributed by atoms with Gasteiger partial charge in [0, 0.05) is 16.3 Å². The molecule has 0 fully saturated rings. The first-order chi connectivity index (χ1) is 27.3. The molecule has 0 spiro atoms. The summed E-state index contributed by atoms with van der Waals surface area (Å²) in [7, 11) is 0. The fourth-order valence-electron chi connectivity index (χ4n) is 9.32. The van der Waals surface area contributed by atoms with E-state index in [0.717, 1.165) is 33.1 Å². The van der Waals surface area contributed by atoms with Crippen LogP contribution in [0.15, 0.2) is 199 Å². The average Bonchev–Trinajstić information content (AvgIpc) is 3.64. The second-order valence-corrected chi connectivity index (χ2v) is 14.7. The Labute approximate surface area is 317 Å². The van der Waals surface area contributed by atoms with E-state index in [1.54, 1.807) is 0 Å². The van der Waals surface area contributed by atoms with E-state index in [0.29, 0.717) is 0 Å². The monoisotopic (exact) mass is 696 g/mol. The second kappa shape index (κ2) is 11.6. The van der Waals surface area contributed by atoms with E-state index >= 15 is 0 Å². The lowest BCUT2D eigenvalue weighted by atomic mass is 9.83. The van der Waals surface area contributed by atoms with Crippen LogP contribution >= 0.6 is 0 Å². The molecule has 0 saturated carbocycles. The molecule has 0 bridgehead atoms. The number of hydrogen-bond acceptors (Lipinski definition) is 1. The van der Waals surface area contributed by atoms with Crippen LogP contribution in [0.4, 0.5) is 0 Å². The average molecular weight is 697 g/mol. The summed E-state index contributed by atoms with van der Waals surface area (Å²) in [4.78, 5) is 0. The smallest absolute Gasteiger partial charge is 0.143 e. The van der Waals surface area contributed by atoms with Crippen LogP contribution in [0.25, 0.3) is 120 Å². The molecule has 1 heterocycles. The summed E-state index contributed by atoms with van der Waals surface area (Å²) >= 11 is 0. The summed E-state index contributed by atoms with van der Waals surface area (Å²) in [5.74, 6) is 0. The lowest BCUT2D eigenvalue weighted by molar-refractivity contribution is 0.670. The first kappa shape index (κ1) is 30.3. The van der Waals surface area contributed by atoms with Gasteiger partial charge < -0.3 is 4.42 Å². The van der Waals surface area contributed by atoms with Crippen LogP contribution in [0.3, 0.4) is 0 Å². The highest BCUT2D eigenvalue weighted by molar-refractivity contribution is 6.31. The molecule has 1 nitrogen and oxygen atoms in total. The minimum absolute atomic E-state index is 0.916. The van der Waals surface area contributed by atoms with Crippen molar-refractivity contribution >= 4 is 75.8 Å². The SMILES string of the molecule is c1ccc2c(-c3ccc4ccc5c(-c6cccc7ccccc67)cc(-c6ccc(-c7cccc8c7oc7ccccc78)cc6)c6ccc3c4c65)cccc2c1. The first-order valence-electron chi connectivity index (χ1n) is 19.0. The molecule has 1 aromatic heterocycles. The number of hydrogen-bond donors (Lipinski definition) is 0. The number of furan rings is 1. The maximum absolute atomic E-state index is 6.44. The van der Waals surface area contributed by atoms with Crippen LogP contribution < -0.4 is 0 Å². The zero-order valence-electron chi connectivity index (χ0n) is 29.9. The minimum atomic E-state index is 0.916. The lowest BCUT2D eigenvalue weighted by Gasteiger charge is -2.20. The van der Waals surface area contributed by atoms with Gasteiger partial charge in [0.05, 0.1) is 0 Å². The number of para-hydroxylation sites is 2. The summed E-state index contributed by atoms with van der Waals surface area (Å²) in [6.07, 6.45) is 0.